The zero-order chi connectivity index (χ0) is 13.2. The minimum absolute atomic E-state index is 0.438. The maximum atomic E-state index is 4.71. The first-order chi connectivity index (χ1) is 9.26. The molecule has 0 saturated heterocycles. The minimum atomic E-state index is 0.438. The molecule has 0 spiro atoms. The molecule has 3 rings (SSSR count). The number of benzene rings is 1. The van der Waals surface area contributed by atoms with Crippen molar-refractivity contribution < 1.29 is 0 Å². The molecule has 2 aromatic rings. The van der Waals surface area contributed by atoms with Crippen LogP contribution in [0.4, 0.5) is 0 Å². The summed E-state index contributed by atoms with van der Waals surface area (Å²) in [7, 11) is 1.95. The highest BCUT2D eigenvalue weighted by molar-refractivity contribution is 5.35. The van der Waals surface area contributed by atoms with Gasteiger partial charge in [-0.2, -0.15) is 0 Å². The smallest absolute Gasteiger partial charge is 0.132 e. The van der Waals surface area contributed by atoms with Crippen molar-refractivity contribution in [1.82, 2.24) is 15.3 Å². The fraction of sp³-hybridized carbons (Fsp3) is 0.375. The number of rotatable bonds is 3. The largest absolute Gasteiger partial charge is 0.314 e. The van der Waals surface area contributed by atoms with E-state index in [1.165, 1.54) is 11.1 Å². The van der Waals surface area contributed by atoms with E-state index < -0.39 is 0 Å². The van der Waals surface area contributed by atoms with Crippen LogP contribution in [-0.2, 0) is 19.4 Å². The number of nitrogens with one attached hydrogen (secondary N) is 1. The van der Waals surface area contributed by atoms with Crippen LogP contribution in [-0.4, -0.2) is 17.0 Å². The van der Waals surface area contributed by atoms with E-state index in [-0.39, 0.29) is 0 Å². The molecule has 1 N–H and O–H groups in total. The Morgan fingerprint density at radius 3 is 2.47 bits per heavy atom. The molecule has 0 bridgehead atoms. The van der Waals surface area contributed by atoms with Crippen molar-refractivity contribution in [1.29, 1.82) is 0 Å². The van der Waals surface area contributed by atoms with E-state index in [1.54, 1.807) is 0 Å². The molecule has 98 valence electrons. The zero-order valence-electron chi connectivity index (χ0n) is 11.5. The molecule has 3 nitrogen and oxygen atoms in total. The summed E-state index contributed by atoms with van der Waals surface area (Å²) in [5, 5.41) is 3.16. The van der Waals surface area contributed by atoms with Crippen molar-refractivity contribution in [3.8, 4) is 0 Å². The summed E-state index contributed by atoms with van der Waals surface area (Å²) in [6.07, 6.45) is 2.14. The molecule has 19 heavy (non-hydrogen) atoms. The lowest BCUT2D eigenvalue weighted by Crippen LogP contribution is -2.12. The molecular weight excluding hydrogens is 234 g/mol. The average Bonchev–Trinajstić information content (AvgIpc) is 2.82. The van der Waals surface area contributed by atoms with Gasteiger partial charge in [0.1, 0.15) is 5.82 Å². The molecule has 3 heteroatoms. The summed E-state index contributed by atoms with van der Waals surface area (Å²) in [5.41, 5.74) is 5.05. The molecule has 0 unspecified atom stereocenters. The SMILES string of the molecule is CNCc1cc(C)nc(C2Cc3ccccc3C2)n1. The summed E-state index contributed by atoms with van der Waals surface area (Å²) in [4.78, 5) is 9.36. The number of nitrogens with zero attached hydrogens (tertiary/aromatic N) is 2. The van der Waals surface area contributed by atoms with Crippen LogP contribution < -0.4 is 5.32 Å². The van der Waals surface area contributed by atoms with Crippen molar-refractivity contribution in [2.45, 2.75) is 32.2 Å². The lowest BCUT2D eigenvalue weighted by molar-refractivity contribution is 0.660. The molecule has 0 radical (unpaired) electrons. The van der Waals surface area contributed by atoms with E-state index in [2.05, 4.69) is 40.6 Å². The van der Waals surface area contributed by atoms with Gasteiger partial charge in [-0.15, -0.1) is 0 Å². The summed E-state index contributed by atoms with van der Waals surface area (Å²) >= 11 is 0. The Labute approximate surface area is 114 Å². The molecule has 1 aromatic carbocycles. The quantitative estimate of drug-likeness (QED) is 0.912. The van der Waals surface area contributed by atoms with Gasteiger partial charge in [-0.05, 0) is 44.0 Å². The Morgan fingerprint density at radius 2 is 1.84 bits per heavy atom. The normalized spacial score (nSPS) is 14.6. The lowest BCUT2D eigenvalue weighted by atomic mass is 10.1. The van der Waals surface area contributed by atoms with E-state index in [4.69, 9.17) is 4.98 Å². The molecule has 0 aliphatic heterocycles. The van der Waals surface area contributed by atoms with E-state index in [0.29, 0.717) is 5.92 Å². The number of hydrogen-bond acceptors (Lipinski definition) is 3. The summed E-state index contributed by atoms with van der Waals surface area (Å²) in [6.45, 7) is 2.85. The Balaban J connectivity index is 1.88. The highest BCUT2D eigenvalue weighted by atomic mass is 14.9. The third-order valence-electron chi connectivity index (χ3n) is 3.70. The van der Waals surface area contributed by atoms with E-state index >= 15 is 0 Å². The van der Waals surface area contributed by atoms with Gasteiger partial charge in [0.2, 0.25) is 0 Å². The maximum absolute atomic E-state index is 4.71. The average molecular weight is 253 g/mol. The van der Waals surface area contributed by atoms with Crippen LogP contribution in [0, 0.1) is 6.92 Å². The fourth-order valence-corrected chi connectivity index (χ4v) is 2.85. The summed E-state index contributed by atoms with van der Waals surface area (Å²) in [6, 6.07) is 10.7. The van der Waals surface area contributed by atoms with Gasteiger partial charge in [0.05, 0.1) is 5.69 Å². The van der Waals surface area contributed by atoms with Gasteiger partial charge in [0.25, 0.3) is 0 Å². The minimum Gasteiger partial charge on any atom is -0.314 e. The standard InChI is InChI=1S/C16H19N3/c1-11-7-15(10-17-2)19-16(18-11)14-8-12-5-3-4-6-13(12)9-14/h3-7,14,17H,8-10H2,1-2H3. The van der Waals surface area contributed by atoms with Crippen molar-refractivity contribution in [3.63, 3.8) is 0 Å². The van der Waals surface area contributed by atoms with Crippen molar-refractivity contribution >= 4 is 0 Å². The molecule has 1 aliphatic carbocycles. The Kier molecular flexibility index (Phi) is 3.30. The highest BCUT2D eigenvalue weighted by Crippen LogP contribution is 2.32. The lowest BCUT2D eigenvalue weighted by Gasteiger charge is -2.10. The summed E-state index contributed by atoms with van der Waals surface area (Å²) < 4.78 is 0. The molecule has 0 atom stereocenters. The van der Waals surface area contributed by atoms with Crippen molar-refractivity contribution in [2.75, 3.05) is 7.05 Å². The van der Waals surface area contributed by atoms with Gasteiger partial charge in [-0.3, -0.25) is 0 Å². The monoisotopic (exact) mass is 253 g/mol. The Hall–Kier alpha value is -1.74. The van der Waals surface area contributed by atoms with Gasteiger partial charge in [0, 0.05) is 18.2 Å². The first-order valence-corrected chi connectivity index (χ1v) is 6.82. The topological polar surface area (TPSA) is 37.8 Å². The van der Waals surface area contributed by atoms with Crippen LogP contribution in [0.15, 0.2) is 30.3 Å². The number of aryl methyl sites for hydroxylation is 1. The molecule has 0 saturated carbocycles. The number of hydrogen-bond donors (Lipinski definition) is 1. The predicted molar refractivity (Wildman–Crippen MR) is 76.1 cm³/mol. The first kappa shape index (κ1) is 12.3. The molecular formula is C16H19N3. The maximum Gasteiger partial charge on any atom is 0.132 e. The van der Waals surface area contributed by atoms with Gasteiger partial charge in [0.15, 0.2) is 0 Å². The first-order valence-electron chi connectivity index (χ1n) is 6.82. The van der Waals surface area contributed by atoms with Gasteiger partial charge in [-0.1, -0.05) is 24.3 Å². The van der Waals surface area contributed by atoms with Crippen LogP contribution in [0.5, 0.6) is 0 Å². The van der Waals surface area contributed by atoms with Crippen LogP contribution in [0.2, 0.25) is 0 Å². The molecule has 1 aromatic heterocycles. The fourth-order valence-electron chi connectivity index (χ4n) is 2.85. The second kappa shape index (κ2) is 5.10. The highest BCUT2D eigenvalue weighted by Gasteiger charge is 2.24. The zero-order valence-corrected chi connectivity index (χ0v) is 11.5. The van der Waals surface area contributed by atoms with E-state index in [0.717, 1.165) is 36.6 Å². The van der Waals surface area contributed by atoms with Crippen LogP contribution in [0.1, 0.15) is 34.3 Å². The molecule has 0 fully saturated rings. The van der Waals surface area contributed by atoms with Crippen LogP contribution in [0.25, 0.3) is 0 Å². The molecule has 1 aliphatic rings. The molecule has 1 heterocycles. The van der Waals surface area contributed by atoms with Crippen LogP contribution >= 0.6 is 0 Å². The van der Waals surface area contributed by atoms with E-state index in [9.17, 15) is 0 Å². The van der Waals surface area contributed by atoms with Gasteiger partial charge < -0.3 is 5.32 Å². The van der Waals surface area contributed by atoms with Crippen molar-refractivity contribution in [2.24, 2.45) is 0 Å². The van der Waals surface area contributed by atoms with Gasteiger partial charge in [-0.25, -0.2) is 9.97 Å². The second-order valence-electron chi connectivity index (χ2n) is 5.26. The summed E-state index contributed by atoms with van der Waals surface area (Å²) in [5.74, 6) is 1.44. The van der Waals surface area contributed by atoms with Crippen LogP contribution in [0.3, 0.4) is 0 Å². The Morgan fingerprint density at radius 1 is 1.16 bits per heavy atom. The molecule has 0 amide bonds. The number of fused-ring (bicyclic) bond motifs is 1. The van der Waals surface area contributed by atoms with E-state index in [1.807, 2.05) is 14.0 Å². The second-order valence-corrected chi connectivity index (χ2v) is 5.26. The number of aromatic nitrogens is 2. The van der Waals surface area contributed by atoms with Gasteiger partial charge >= 0.3 is 0 Å². The predicted octanol–water partition coefficient (Wildman–Crippen LogP) is 2.39. The third kappa shape index (κ3) is 2.51. The Bertz CT molecular complexity index is 567. The van der Waals surface area contributed by atoms with Crippen molar-refractivity contribution in [3.05, 3.63) is 58.7 Å². The third-order valence-corrected chi connectivity index (χ3v) is 3.70.